The van der Waals surface area contributed by atoms with Gasteiger partial charge in [0, 0.05) is 28.8 Å². The van der Waals surface area contributed by atoms with E-state index in [-0.39, 0.29) is 10.6 Å². The highest BCUT2D eigenvalue weighted by atomic mass is 35.5. The van der Waals surface area contributed by atoms with Gasteiger partial charge in [-0.3, -0.25) is 10.1 Å². The van der Waals surface area contributed by atoms with Crippen molar-refractivity contribution in [1.82, 2.24) is 0 Å². The van der Waals surface area contributed by atoms with E-state index in [4.69, 9.17) is 11.6 Å². The van der Waals surface area contributed by atoms with E-state index in [2.05, 4.69) is 5.32 Å². The highest BCUT2D eigenvalue weighted by Gasteiger charge is 2.13. The molecule has 2 aromatic rings. The van der Waals surface area contributed by atoms with Crippen LogP contribution >= 0.6 is 23.4 Å². The Morgan fingerprint density at radius 3 is 2.75 bits per heavy atom. The lowest BCUT2D eigenvalue weighted by atomic mass is 10.2. The molecule has 0 radical (unpaired) electrons. The molecular formula is C14H13ClN2O2S. The number of nitro benzene ring substituents is 1. The number of hydrogen-bond donors (Lipinski definition) is 1. The van der Waals surface area contributed by atoms with Crippen LogP contribution in [0.2, 0.25) is 5.02 Å². The monoisotopic (exact) mass is 308 g/mol. The average molecular weight is 309 g/mol. The maximum absolute atomic E-state index is 11.0. The molecule has 0 fully saturated rings. The van der Waals surface area contributed by atoms with Gasteiger partial charge in [-0.25, -0.2) is 0 Å². The molecular weight excluding hydrogens is 296 g/mol. The van der Waals surface area contributed by atoms with Crippen molar-refractivity contribution in [3.8, 4) is 0 Å². The third-order valence-electron chi connectivity index (χ3n) is 2.73. The molecule has 6 heteroatoms. The summed E-state index contributed by atoms with van der Waals surface area (Å²) >= 11 is 7.52. The number of hydrogen-bond acceptors (Lipinski definition) is 4. The van der Waals surface area contributed by atoms with Crippen LogP contribution in [0.15, 0.2) is 47.4 Å². The Kier molecular flexibility index (Phi) is 4.87. The van der Waals surface area contributed by atoms with Crippen LogP contribution in [0.5, 0.6) is 0 Å². The van der Waals surface area contributed by atoms with E-state index in [1.54, 1.807) is 30.9 Å². The molecule has 0 heterocycles. The Hall–Kier alpha value is -1.72. The van der Waals surface area contributed by atoms with Gasteiger partial charge in [-0.1, -0.05) is 23.7 Å². The van der Waals surface area contributed by atoms with Crippen LogP contribution in [0.3, 0.4) is 0 Å². The predicted molar refractivity (Wildman–Crippen MR) is 83.7 cm³/mol. The number of anilines is 1. The van der Waals surface area contributed by atoms with Gasteiger partial charge in [-0.05, 0) is 29.8 Å². The van der Waals surface area contributed by atoms with Crippen molar-refractivity contribution in [2.45, 2.75) is 10.6 Å². The summed E-state index contributed by atoms with van der Waals surface area (Å²) in [6.07, 6.45) is 0. The Morgan fingerprint density at radius 2 is 2.10 bits per heavy atom. The van der Waals surface area contributed by atoms with Crippen molar-refractivity contribution in [3.63, 3.8) is 0 Å². The number of halogens is 1. The molecule has 2 aromatic carbocycles. The summed E-state index contributed by atoms with van der Waals surface area (Å²) in [6, 6.07) is 12.8. The summed E-state index contributed by atoms with van der Waals surface area (Å²) in [5.41, 5.74) is 1.52. The van der Waals surface area contributed by atoms with Crippen molar-refractivity contribution < 1.29 is 4.92 Å². The topological polar surface area (TPSA) is 55.2 Å². The van der Waals surface area contributed by atoms with Gasteiger partial charge in [0.1, 0.15) is 5.69 Å². The molecule has 0 aromatic heterocycles. The number of nitrogens with zero attached hydrogens (tertiary/aromatic N) is 1. The van der Waals surface area contributed by atoms with E-state index < -0.39 is 0 Å². The van der Waals surface area contributed by atoms with Crippen molar-refractivity contribution >= 4 is 34.7 Å². The van der Waals surface area contributed by atoms with E-state index in [9.17, 15) is 10.1 Å². The van der Waals surface area contributed by atoms with Crippen molar-refractivity contribution in [2.75, 3.05) is 12.4 Å². The van der Waals surface area contributed by atoms with E-state index in [1.165, 1.54) is 0 Å². The largest absolute Gasteiger partial charge is 0.383 e. The Labute approximate surface area is 126 Å². The summed E-state index contributed by atoms with van der Waals surface area (Å²) in [7, 11) is 1.67. The first kappa shape index (κ1) is 14.7. The van der Waals surface area contributed by atoms with E-state index in [1.807, 2.05) is 30.3 Å². The van der Waals surface area contributed by atoms with Gasteiger partial charge < -0.3 is 5.32 Å². The molecule has 0 saturated heterocycles. The van der Waals surface area contributed by atoms with Crippen molar-refractivity contribution in [2.24, 2.45) is 0 Å². The second-order valence-corrected chi connectivity index (χ2v) is 5.59. The molecule has 0 amide bonds. The van der Waals surface area contributed by atoms with Gasteiger partial charge >= 0.3 is 0 Å². The molecule has 104 valence electrons. The van der Waals surface area contributed by atoms with Crippen LogP contribution in [0.25, 0.3) is 0 Å². The summed E-state index contributed by atoms with van der Waals surface area (Å²) in [4.78, 5) is 11.7. The first-order valence-electron chi connectivity index (χ1n) is 5.93. The van der Waals surface area contributed by atoms with Crippen LogP contribution in [-0.2, 0) is 5.75 Å². The molecule has 20 heavy (non-hydrogen) atoms. The molecule has 1 N–H and O–H groups in total. The SMILES string of the molecule is CNc1ccc(CSc2cccc(Cl)c2)cc1[N+](=O)[O-]. The van der Waals surface area contributed by atoms with Gasteiger partial charge in [0.05, 0.1) is 4.92 Å². The van der Waals surface area contributed by atoms with Crippen molar-refractivity contribution in [1.29, 1.82) is 0 Å². The summed E-state index contributed by atoms with van der Waals surface area (Å²) < 4.78 is 0. The number of nitrogens with one attached hydrogen (secondary N) is 1. The maximum Gasteiger partial charge on any atom is 0.292 e. The van der Waals surface area contributed by atoms with Gasteiger partial charge in [-0.2, -0.15) is 0 Å². The molecule has 0 aliphatic rings. The Morgan fingerprint density at radius 1 is 1.30 bits per heavy atom. The minimum absolute atomic E-state index is 0.0942. The molecule has 0 atom stereocenters. The highest BCUT2D eigenvalue weighted by molar-refractivity contribution is 7.98. The molecule has 4 nitrogen and oxygen atoms in total. The van der Waals surface area contributed by atoms with Crippen LogP contribution in [0.4, 0.5) is 11.4 Å². The normalized spacial score (nSPS) is 10.3. The fourth-order valence-corrected chi connectivity index (χ4v) is 2.91. The molecule has 2 rings (SSSR count). The fraction of sp³-hybridized carbons (Fsp3) is 0.143. The third kappa shape index (κ3) is 3.65. The number of rotatable bonds is 5. The molecule has 0 aliphatic carbocycles. The average Bonchev–Trinajstić information content (AvgIpc) is 2.45. The summed E-state index contributed by atoms with van der Waals surface area (Å²) in [6.45, 7) is 0. The number of benzene rings is 2. The Bertz CT molecular complexity index is 634. The predicted octanol–water partition coefficient (Wildman–Crippen LogP) is 4.58. The van der Waals surface area contributed by atoms with Crippen LogP contribution in [0, 0.1) is 10.1 Å². The molecule has 0 unspecified atom stereocenters. The van der Waals surface area contributed by atoms with Crippen molar-refractivity contribution in [3.05, 3.63) is 63.2 Å². The minimum Gasteiger partial charge on any atom is -0.383 e. The van der Waals surface area contributed by atoms with E-state index >= 15 is 0 Å². The van der Waals surface area contributed by atoms with Gasteiger partial charge in [-0.15, -0.1) is 11.8 Å². The second kappa shape index (κ2) is 6.63. The lowest BCUT2D eigenvalue weighted by Gasteiger charge is -2.06. The van der Waals surface area contributed by atoms with Crippen LogP contribution < -0.4 is 5.32 Å². The lowest BCUT2D eigenvalue weighted by Crippen LogP contribution is -1.97. The van der Waals surface area contributed by atoms with Gasteiger partial charge in [0.15, 0.2) is 0 Å². The quantitative estimate of drug-likeness (QED) is 0.499. The summed E-state index contributed by atoms with van der Waals surface area (Å²) in [5.74, 6) is 0.658. The van der Waals surface area contributed by atoms with E-state index in [0.717, 1.165) is 10.5 Å². The molecule has 0 bridgehead atoms. The molecule has 0 saturated carbocycles. The second-order valence-electron chi connectivity index (χ2n) is 4.10. The zero-order valence-electron chi connectivity index (χ0n) is 10.8. The first-order chi connectivity index (χ1) is 9.60. The minimum atomic E-state index is -0.376. The zero-order valence-corrected chi connectivity index (χ0v) is 12.4. The van der Waals surface area contributed by atoms with Gasteiger partial charge in [0.25, 0.3) is 5.69 Å². The van der Waals surface area contributed by atoms with E-state index in [0.29, 0.717) is 16.5 Å². The van der Waals surface area contributed by atoms with Crippen LogP contribution in [0.1, 0.15) is 5.56 Å². The standard InChI is InChI=1S/C14H13ClN2O2S/c1-16-13-6-5-10(7-14(13)17(18)19)9-20-12-4-2-3-11(15)8-12/h2-8,16H,9H2,1H3. The maximum atomic E-state index is 11.0. The summed E-state index contributed by atoms with van der Waals surface area (Å²) in [5, 5.41) is 14.5. The first-order valence-corrected chi connectivity index (χ1v) is 7.30. The lowest BCUT2D eigenvalue weighted by molar-refractivity contribution is -0.384. The van der Waals surface area contributed by atoms with Crippen LogP contribution in [-0.4, -0.2) is 12.0 Å². The number of thioether (sulfide) groups is 1. The zero-order chi connectivity index (χ0) is 14.5. The molecule has 0 spiro atoms. The fourth-order valence-electron chi connectivity index (χ4n) is 1.75. The van der Waals surface area contributed by atoms with Gasteiger partial charge in [0.2, 0.25) is 0 Å². The highest BCUT2D eigenvalue weighted by Crippen LogP contribution is 2.29. The Balaban J connectivity index is 2.14. The number of nitro groups is 1. The third-order valence-corrected chi connectivity index (χ3v) is 4.03. The smallest absolute Gasteiger partial charge is 0.292 e. The molecule has 0 aliphatic heterocycles.